The fourth-order valence-electron chi connectivity index (χ4n) is 6.61. The zero-order valence-corrected chi connectivity index (χ0v) is 29.8. The highest BCUT2D eigenvalue weighted by Gasteiger charge is 2.48. The van der Waals surface area contributed by atoms with Gasteiger partial charge in [-0.25, -0.2) is 4.79 Å². The van der Waals surface area contributed by atoms with Gasteiger partial charge in [-0.05, 0) is 47.5 Å². The molecule has 0 aromatic carbocycles. The summed E-state index contributed by atoms with van der Waals surface area (Å²) in [5.41, 5.74) is 4.34. The normalized spacial score (nSPS) is 21.2. The van der Waals surface area contributed by atoms with Crippen molar-refractivity contribution in [2.45, 2.75) is 105 Å². The minimum atomic E-state index is -1.12. The first-order valence-electron chi connectivity index (χ1n) is 17.0. The molecule has 14 heteroatoms. The molecule has 0 bridgehead atoms. The maximum atomic E-state index is 14.4. The number of carbonyl (C=O) groups is 7. The van der Waals surface area contributed by atoms with Crippen molar-refractivity contribution < 1.29 is 33.6 Å². The fraction of sp³-hybridized carbons (Fsp3) is 0.657. The van der Waals surface area contributed by atoms with Gasteiger partial charge in [0.15, 0.2) is 0 Å². The van der Waals surface area contributed by atoms with Crippen LogP contribution in [0.3, 0.4) is 0 Å². The molecule has 4 rings (SSSR count). The van der Waals surface area contributed by atoms with E-state index in [0.717, 1.165) is 17.7 Å². The number of pyridine rings is 1. The molecule has 2 aliphatic heterocycles. The lowest BCUT2D eigenvalue weighted by Gasteiger charge is -2.38. The Morgan fingerprint density at radius 2 is 1.55 bits per heavy atom. The molecule has 2 fully saturated rings. The Morgan fingerprint density at radius 1 is 0.918 bits per heavy atom. The van der Waals surface area contributed by atoms with Crippen LogP contribution in [0.2, 0.25) is 0 Å². The van der Waals surface area contributed by atoms with Crippen molar-refractivity contribution in [3.05, 3.63) is 29.6 Å². The number of nitrogens with zero attached hydrogens (tertiary/aromatic N) is 3. The van der Waals surface area contributed by atoms with Gasteiger partial charge in [0.1, 0.15) is 12.1 Å². The number of primary amides is 1. The number of nitrogens with two attached hydrogens (primary N) is 1. The minimum absolute atomic E-state index is 0.0112. The van der Waals surface area contributed by atoms with Gasteiger partial charge in [-0.2, -0.15) is 0 Å². The molecule has 7 amide bonds. The van der Waals surface area contributed by atoms with Crippen LogP contribution in [0.5, 0.6) is 0 Å². The summed E-state index contributed by atoms with van der Waals surface area (Å²) in [6.07, 6.45) is 5.42. The van der Waals surface area contributed by atoms with Gasteiger partial charge in [0.2, 0.25) is 17.6 Å². The third kappa shape index (κ3) is 8.45. The first kappa shape index (κ1) is 37.5. The summed E-state index contributed by atoms with van der Waals surface area (Å²) in [6.45, 7) is 15.1. The summed E-state index contributed by atoms with van der Waals surface area (Å²) in [7, 11) is 0. The van der Waals surface area contributed by atoms with Crippen LogP contribution in [0.1, 0.15) is 102 Å². The molecule has 49 heavy (non-hydrogen) atoms. The second-order valence-electron chi connectivity index (χ2n) is 16.1. The van der Waals surface area contributed by atoms with E-state index < -0.39 is 76.3 Å². The first-order valence-corrected chi connectivity index (χ1v) is 17.0. The lowest BCUT2D eigenvalue weighted by Crippen LogP contribution is -2.62. The van der Waals surface area contributed by atoms with Gasteiger partial charge in [-0.3, -0.25) is 38.7 Å². The molecule has 3 heterocycles. The SMILES string of the molecule is CC(C)[C@H]1CCN(C(=O)[C@@H](NC(=O)N[C@H](CN2C(=O)c3ccncc3C2=O)C(C)(C)C)C(C)(C)C)[C@@H]1C(=O)NC(CC1CC1)C(=O)C(N)=O. The quantitative estimate of drug-likeness (QED) is 0.190. The summed E-state index contributed by atoms with van der Waals surface area (Å²) in [5.74, 6) is -3.97. The average Bonchev–Trinajstić information content (AvgIpc) is 3.65. The molecule has 5 N–H and O–H groups in total. The van der Waals surface area contributed by atoms with E-state index in [9.17, 15) is 33.6 Å². The van der Waals surface area contributed by atoms with Crippen LogP contribution >= 0.6 is 0 Å². The van der Waals surface area contributed by atoms with Gasteiger partial charge in [0.05, 0.1) is 29.8 Å². The van der Waals surface area contributed by atoms with Crippen molar-refractivity contribution in [2.24, 2.45) is 34.3 Å². The van der Waals surface area contributed by atoms with Crippen molar-refractivity contribution >= 4 is 41.4 Å². The lowest BCUT2D eigenvalue weighted by molar-refractivity contribution is -0.144. The summed E-state index contributed by atoms with van der Waals surface area (Å²) < 4.78 is 0. The number of nitrogens with one attached hydrogen (secondary N) is 3. The number of carbonyl (C=O) groups excluding carboxylic acids is 7. The first-order chi connectivity index (χ1) is 22.7. The van der Waals surface area contributed by atoms with Crippen molar-refractivity contribution in [1.82, 2.24) is 30.7 Å². The second kappa shape index (κ2) is 14.2. The number of hydrogen-bond donors (Lipinski definition) is 4. The zero-order valence-electron chi connectivity index (χ0n) is 29.8. The summed E-state index contributed by atoms with van der Waals surface area (Å²) in [6, 6.07) is -2.97. The Bertz CT molecular complexity index is 1470. The highest BCUT2D eigenvalue weighted by molar-refractivity contribution is 6.37. The number of imide groups is 1. The number of urea groups is 1. The van der Waals surface area contributed by atoms with E-state index in [1.165, 1.54) is 23.4 Å². The Hall–Kier alpha value is -4.36. The number of aromatic nitrogens is 1. The van der Waals surface area contributed by atoms with E-state index in [1.54, 1.807) is 20.8 Å². The Balaban J connectivity index is 1.53. The van der Waals surface area contributed by atoms with Crippen molar-refractivity contribution in [2.75, 3.05) is 13.1 Å². The molecule has 1 aromatic rings. The van der Waals surface area contributed by atoms with Gasteiger partial charge in [-0.1, -0.05) is 68.2 Å². The predicted molar refractivity (Wildman–Crippen MR) is 180 cm³/mol. The topological polar surface area (TPSA) is 201 Å². The van der Waals surface area contributed by atoms with Crippen molar-refractivity contribution in [3.8, 4) is 0 Å². The highest BCUT2D eigenvalue weighted by atomic mass is 16.2. The van der Waals surface area contributed by atoms with Crippen LogP contribution in [0.4, 0.5) is 4.79 Å². The molecule has 0 radical (unpaired) electrons. The second-order valence-corrected chi connectivity index (χ2v) is 16.1. The third-order valence-corrected chi connectivity index (χ3v) is 9.87. The molecule has 1 saturated heterocycles. The lowest BCUT2D eigenvalue weighted by atomic mass is 9.84. The van der Waals surface area contributed by atoms with Crippen LogP contribution in [0.15, 0.2) is 18.5 Å². The fourth-order valence-corrected chi connectivity index (χ4v) is 6.61. The largest absolute Gasteiger partial charge is 0.363 e. The summed E-state index contributed by atoms with van der Waals surface area (Å²) in [5, 5.41) is 8.46. The predicted octanol–water partition coefficient (Wildman–Crippen LogP) is 2.02. The Morgan fingerprint density at radius 3 is 2.08 bits per heavy atom. The van der Waals surface area contributed by atoms with E-state index in [0.29, 0.717) is 12.8 Å². The molecule has 5 atom stereocenters. The smallest absolute Gasteiger partial charge is 0.315 e. The van der Waals surface area contributed by atoms with Gasteiger partial charge >= 0.3 is 6.03 Å². The molecule has 1 saturated carbocycles. The van der Waals surface area contributed by atoms with Gasteiger partial charge < -0.3 is 26.6 Å². The molecular formula is C35H51N7O7. The van der Waals surface area contributed by atoms with E-state index in [2.05, 4.69) is 20.9 Å². The number of hydrogen-bond acceptors (Lipinski definition) is 8. The van der Waals surface area contributed by atoms with E-state index in [-0.39, 0.29) is 42.0 Å². The van der Waals surface area contributed by atoms with Gasteiger partial charge in [0.25, 0.3) is 17.7 Å². The Labute approximate surface area is 287 Å². The zero-order chi connectivity index (χ0) is 36.6. The number of ketones is 1. The average molecular weight is 682 g/mol. The van der Waals surface area contributed by atoms with Crippen LogP contribution in [0.25, 0.3) is 0 Å². The molecular weight excluding hydrogens is 630 g/mol. The third-order valence-electron chi connectivity index (χ3n) is 9.87. The summed E-state index contributed by atoms with van der Waals surface area (Å²) in [4.78, 5) is 99.0. The number of fused-ring (bicyclic) bond motifs is 1. The van der Waals surface area contributed by atoms with Crippen LogP contribution in [0, 0.1) is 28.6 Å². The van der Waals surface area contributed by atoms with Crippen molar-refractivity contribution in [3.63, 3.8) is 0 Å². The van der Waals surface area contributed by atoms with Crippen LogP contribution in [-0.2, 0) is 19.2 Å². The number of likely N-dealkylation sites (tertiary alicyclic amines) is 1. The van der Waals surface area contributed by atoms with E-state index in [4.69, 9.17) is 5.73 Å². The molecule has 0 spiro atoms. The van der Waals surface area contributed by atoms with Gasteiger partial charge in [-0.15, -0.1) is 0 Å². The number of Topliss-reactive ketones (excluding diaryl/α,β-unsaturated/α-hetero) is 1. The van der Waals surface area contributed by atoms with Crippen LogP contribution in [-0.4, -0.2) is 93.4 Å². The molecule has 1 aliphatic carbocycles. The monoisotopic (exact) mass is 681 g/mol. The van der Waals surface area contributed by atoms with Crippen molar-refractivity contribution in [1.29, 1.82) is 0 Å². The van der Waals surface area contributed by atoms with E-state index >= 15 is 0 Å². The Kier molecular flexibility index (Phi) is 10.9. The molecule has 1 aromatic heterocycles. The van der Waals surface area contributed by atoms with Gasteiger partial charge in [0, 0.05) is 18.9 Å². The highest BCUT2D eigenvalue weighted by Crippen LogP contribution is 2.36. The minimum Gasteiger partial charge on any atom is -0.363 e. The van der Waals surface area contributed by atoms with Crippen LogP contribution < -0.4 is 21.7 Å². The molecule has 3 aliphatic rings. The molecule has 14 nitrogen and oxygen atoms in total. The summed E-state index contributed by atoms with van der Waals surface area (Å²) >= 11 is 0. The standard InChI is InChI=1S/C35H51N7O7/c1-18(2)20-12-14-41(25(20)29(45)38-23(15-19-9-10-19)26(43)28(36)44)32(48)27(35(6,7)8)40-33(49)39-24(34(3,4)5)17-42-30(46)21-11-13-37-16-22(21)31(42)47/h11,13,16,18-20,23-25,27H,9-10,12,14-15,17H2,1-8H3,(H2,36,44)(H,38,45)(H2,39,40,49)/t20-,23?,24-,25+,27-/m1/s1. The molecule has 268 valence electrons. The van der Waals surface area contributed by atoms with E-state index in [1.807, 2.05) is 34.6 Å². The maximum absolute atomic E-state index is 14.4. The number of rotatable bonds is 12. The molecule has 1 unspecified atom stereocenters. The number of amides is 7. The maximum Gasteiger partial charge on any atom is 0.315 e.